The van der Waals surface area contributed by atoms with E-state index in [2.05, 4.69) is 14.9 Å². The van der Waals surface area contributed by atoms with Gasteiger partial charge in [0.25, 0.3) is 0 Å². The predicted octanol–water partition coefficient (Wildman–Crippen LogP) is 2.50. The van der Waals surface area contributed by atoms with Gasteiger partial charge in [0, 0.05) is 17.5 Å². The average Bonchev–Trinajstić information content (AvgIpc) is 3.19. The summed E-state index contributed by atoms with van der Waals surface area (Å²) in [4.78, 5) is 11.6. The zero-order valence-electron chi connectivity index (χ0n) is 11.5. The molecule has 5 nitrogen and oxygen atoms in total. The highest BCUT2D eigenvalue weighted by atomic mass is 32.1. The monoisotopic (exact) mass is 300 g/mol. The van der Waals surface area contributed by atoms with Gasteiger partial charge in [-0.15, -0.1) is 11.3 Å². The Morgan fingerprint density at radius 1 is 1.48 bits per heavy atom. The van der Waals surface area contributed by atoms with Crippen molar-refractivity contribution in [1.82, 2.24) is 9.97 Å². The van der Waals surface area contributed by atoms with Gasteiger partial charge in [0.1, 0.15) is 11.9 Å². The molecule has 3 rings (SSSR count). The standard InChI is InChI=1S/C15H16N4OS/c16-8-11-9-18-15(10-17-11)19-5-1-3-12(19)7-13(20)14-4-2-6-21-14/h2,4,6,9-10,12-13,20H,1,3,5,7H2. The quantitative estimate of drug-likeness (QED) is 0.939. The molecule has 2 aromatic heterocycles. The number of hydrogen-bond donors (Lipinski definition) is 1. The minimum Gasteiger partial charge on any atom is -0.387 e. The zero-order chi connectivity index (χ0) is 14.7. The van der Waals surface area contributed by atoms with Crippen LogP contribution in [0.4, 0.5) is 5.82 Å². The van der Waals surface area contributed by atoms with Crippen LogP contribution >= 0.6 is 11.3 Å². The van der Waals surface area contributed by atoms with Gasteiger partial charge >= 0.3 is 0 Å². The Morgan fingerprint density at radius 2 is 2.38 bits per heavy atom. The van der Waals surface area contributed by atoms with Crippen molar-refractivity contribution in [3.05, 3.63) is 40.5 Å². The second-order valence-corrected chi connectivity index (χ2v) is 6.11. The molecule has 0 amide bonds. The Morgan fingerprint density at radius 3 is 3.05 bits per heavy atom. The molecular formula is C15H16N4OS. The lowest BCUT2D eigenvalue weighted by atomic mass is 10.1. The van der Waals surface area contributed by atoms with E-state index < -0.39 is 6.10 Å². The van der Waals surface area contributed by atoms with Crippen LogP contribution in [0.3, 0.4) is 0 Å². The number of anilines is 1. The van der Waals surface area contributed by atoms with E-state index in [4.69, 9.17) is 5.26 Å². The van der Waals surface area contributed by atoms with E-state index >= 15 is 0 Å². The number of rotatable bonds is 4. The number of aliphatic hydroxyl groups is 1. The van der Waals surface area contributed by atoms with Crippen LogP contribution in [0.25, 0.3) is 0 Å². The first-order valence-corrected chi connectivity index (χ1v) is 7.86. The van der Waals surface area contributed by atoms with Crippen molar-refractivity contribution in [2.45, 2.75) is 31.4 Å². The minimum absolute atomic E-state index is 0.268. The highest BCUT2D eigenvalue weighted by molar-refractivity contribution is 7.10. The summed E-state index contributed by atoms with van der Waals surface area (Å²) in [5.74, 6) is 0.787. The lowest BCUT2D eigenvalue weighted by Gasteiger charge is -2.26. The largest absolute Gasteiger partial charge is 0.387 e. The summed E-state index contributed by atoms with van der Waals surface area (Å²) in [5.41, 5.74) is 0.327. The van der Waals surface area contributed by atoms with Gasteiger partial charge in [0.15, 0.2) is 5.69 Å². The lowest BCUT2D eigenvalue weighted by molar-refractivity contribution is 0.161. The minimum atomic E-state index is -0.429. The molecule has 0 bridgehead atoms. The van der Waals surface area contributed by atoms with Crippen LogP contribution in [-0.2, 0) is 0 Å². The van der Waals surface area contributed by atoms with Gasteiger partial charge in [0.05, 0.1) is 18.5 Å². The molecule has 1 fully saturated rings. The average molecular weight is 300 g/mol. The maximum absolute atomic E-state index is 10.3. The molecule has 2 aromatic rings. The summed E-state index contributed by atoms with van der Waals surface area (Å²) in [6, 6.07) is 6.17. The first-order valence-electron chi connectivity index (χ1n) is 6.98. The first-order chi connectivity index (χ1) is 10.3. The number of nitriles is 1. The summed E-state index contributed by atoms with van der Waals surface area (Å²) < 4.78 is 0. The van der Waals surface area contributed by atoms with Gasteiger partial charge in [-0.1, -0.05) is 6.07 Å². The molecule has 0 saturated carbocycles. The number of aromatic nitrogens is 2. The Balaban J connectivity index is 1.71. The molecule has 1 aliphatic heterocycles. The molecule has 3 heterocycles. The molecule has 1 N–H and O–H groups in total. The van der Waals surface area contributed by atoms with E-state index in [0.29, 0.717) is 12.1 Å². The molecule has 0 spiro atoms. The van der Waals surface area contributed by atoms with Gasteiger partial charge in [-0.3, -0.25) is 0 Å². The normalized spacial score (nSPS) is 19.4. The first kappa shape index (κ1) is 14.0. The van der Waals surface area contributed by atoms with Crippen LogP contribution in [0, 0.1) is 11.3 Å². The second kappa shape index (κ2) is 6.20. The van der Waals surface area contributed by atoms with E-state index in [1.165, 1.54) is 6.20 Å². The summed E-state index contributed by atoms with van der Waals surface area (Å²) in [5, 5.41) is 21.1. The van der Waals surface area contributed by atoms with E-state index in [1.807, 2.05) is 23.6 Å². The summed E-state index contributed by atoms with van der Waals surface area (Å²) in [6.45, 7) is 0.919. The van der Waals surface area contributed by atoms with E-state index in [-0.39, 0.29) is 6.04 Å². The topological polar surface area (TPSA) is 73.0 Å². The Hall–Kier alpha value is -1.97. The molecule has 0 aromatic carbocycles. The fourth-order valence-corrected chi connectivity index (χ4v) is 3.49. The number of aliphatic hydroxyl groups excluding tert-OH is 1. The highest BCUT2D eigenvalue weighted by Crippen LogP contribution is 2.31. The van der Waals surface area contributed by atoms with Gasteiger partial charge < -0.3 is 10.0 Å². The van der Waals surface area contributed by atoms with Crippen molar-refractivity contribution in [2.24, 2.45) is 0 Å². The third-order valence-corrected chi connectivity index (χ3v) is 4.76. The highest BCUT2D eigenvalue weighted by Gasteiger charge is 2.28. The van der Waals surface area contributed by atoms with Crippen LogP contribution < -0.4 is 4.90 Å². The molecule has 0 aliphatic carbocycles. The van der Waals surface area contributed by atoms with Crippen molar-refractivity contribution < 1.29 is 5.11 Å². The predicted molar refractivity (Wildman–Crippen MR) is 81.0 cm³/mol. The Kier molecular flexibility index (Phi) is 4.13. The second-order valence-electron chi connectivity index (χ2n) is 5.13. The fourth-order valence-electron chi connectivity index (χ4n) is 2.76. The van der Waals surface area contributed by atoms with Crippen LogP contribution in [0.5, 0.6) is 0 Å². The molecule has 21 heavy (non-hydrogen) atoms. The van der Waals surface area contributed by atoms with Gasteiger partial charge in [-0.25, -0.2) is 9.97 Å². The molecule has 2 atom stereocenters. The smallest absolute Gasteiger partial charge is 0.158 e. The third kappa shape index (κ3) is 3.04. The zero-order valence-corrected chi connectivity index (χ0v) is 12.3. The van der Waals surface area contributed by atoms with Crippen molar-refractivity contribution in [1.29, 1.82) is 5.26 Å². The summed E-state index contributed by atoms with van der Waals surface area (Å²) in [6.07, 6.45) is 5.55. The van der Waals surface area contributed by atoms with Crippen LogP contribution in [0.2, 0.25) is 0 Å². The molecule has 0 radical (unpaired) electrons. The maximum Gasteiger partial charge on any atom is 0.158 e. The van der Waals surface area contributed by atoms with Crippen molar-refractivity contribution in [3.63, 3.8) is 0 Å². The van der Waals surface area contributed by atoms with Crippen molar-refractivity contribution in [3.8, 4) is 6.07 Å². The third-order valence-electron chi connectivity index (χ3n) is 3.79. The Labute approximate surface area is 127 Å². The van der Waals surface area contributed by atoms with Crippen LogP contribution in [0.15, 0.2) is 29.9 Å². The Bertz CT molecular complexity index is 620. The van der Waals surface area contributed by atoms with Crippen LogP contribution in [0.1, 0.15) is 35.9 Å². The molecule has 108 valence electrons. The van der Waals surface area contributed by atoms with Crippen molar-refractivity contribution in [2.75, 3.05) is 11.4 Å². The van der Waals surface area contributed by atoms with E-state index in [1.54, 1.807) is 17.5 Å². The SMILES string of the molecule is N#Cc1cnc(N2CCCC2CC(O)c2cccs2)cn1. The number of nitrogens with zero attached hydrogens (tertiary/aromatic N) is 4. The molecule has 2 unspecified atom stereocenters. The fraction of sp³-hybridized carbons (Fsp3) is 0.400. The van der Waals surface area contributed by atoms with Gasteiger partial charge in [0.2, 0.25) is 0 Å². The number of thiophene rings is 1. The summed E-state index contributed by atoms with van der Waals surface area (Å²) in [7, 11) is 0. The number of hydrogen-bond acceptors (Lipinski definition) is 6. The van der Waals surface area contributed by atoms with E-state index in [0.717, 1.165) is 30.1 Å². The molecule has 1 aliphatic rings. The van der Waals surface area contributed by atoms with Crippen LogP contribution in [-0.4, -0.2) is 27.7 Å². The van der Waals surface area contributed by atoms with E-state index in [9.17, 15) is 5.11 Å². The molecule has 1 saturated heterocycles. The lowest BCUT2D eigenvalue weighted by Crippen LogP contribution is -2.31. The molecule has 6 heteroatoms. The van der Waals surface area contributed by atoms with Gasteiger partial charge in [-0.05, 0) is 30.7 Å². The van der Waals surface area contributed by atoms with Gasteiger partial charge in [-0.2, -0.15) is 5.26 Å². The summed E-state index contributed by atoms with van der Waals surface area (Å²) >= 11 is 1.58. The van der Waals surface area contributed by atoms with Crippen molar-refractivity contribution >= 4 is 17.2 Å². The molecular weight excluding hydrogens is 284 g/mol. The maximum atomic E-state index is 10.3.